The predicted octanol–water partition coefficient (Wildman–Crippen LogP) is 1.78. The standard InChI is InChI=1S/C11H15NO2/c1-2-7-12-10(4-1)5-3-6-11-13-8-9-14-11/h1-2,4,7,11H,3,5-6,8-9H2. The second-order valence-electron chi connectivity index (χ2n) is 3.38. The highest BCUT2D eigenvalue weighted by Crippen LogP contribution is 2.11. The molecule has 3 nitrogen and oxygen atoms in total. The molecule has 1 aliphatic rings. The molecular weight excluding hydrogens is 178 g/mol. The molecule has 0 unspecified atom stereocenters. The van der Waals surface area contributed by atoms with Crippen molar-refractivity contribution < 1.29 is 9.47 Å². The van der Waals surface area contributed by atoms with Crippen LogP contribution in [0.15, 0.2) is 24.4 Å². The number of hydrogen-bond acceptors (Lipinski definition) is 3. The molecule has 0 spiro atoms. The van der Waals surface area contributed by atoms with Gasteiger partial charge in [-0.2, -0.15) is 0 Å². The summed E-state index contributed by atoms with van der Waals surface area (Å²) in [6, 6.07) is 6.01. The topological polar surface area (TPSA) is 31.4 Å². The molecule has 14 heavy (non-hydrogen) atoms. The van der Waals surface area contributed by atoms with E-state index in [-0.39, 0.29) is 6.29 Å². The van der Waals surface area contributed by atoms with Gasteiger partial charge >= 0.3 is 0 Å². The molecule has 0 atom stereocenters. The van der Waals surface area contributed by atoms with Crippen molar-refractivity contribution in [2.45, 2.75) is 25.6 Å². The first-order chi connectivity index (χ1) is 6.95. The third kappa shape index (κ3) is 2.79. The summed E-state index contributed by atoms with van der Waals surface area (Å²) in [7, 11) is 0. The summed E-state index contributed by atoms with van der Waals surface area (Å²) in [6.07, 6.45) is 4.90. The van der Waals surface area contributed by atoms with E-state index in [0.717, 1.165) is 38.2 Å². The van der Waals surface area contributed by atoms with E-state index in [2.05, 4.69) is 11.1 Å². The average molecular weight is 193 g/mol. The number of aryl methyl sites for hydroxylation is 1. The van der Waals surface area contributed by atoms with Crippen molar-refractivity contribution in [3.8, 4) is 0 Å². The number of aromatic nitrogens is 1. The van der Waals surface area contributed by atoms with Crippen LogP contribution >= 0.6 is 0 Å². The Morgan fingerprint density at radius 1 is 1.29 bits per heavy atom. The zero-order chi connectivity index (χ0) is 9.64. The highest BCUT2D eigenvalue weighted by molar-refractivity contribution is 5.03. The first-order valence-corrected chi connectivity index (χ1v) is 5.08. The van der Waals surface area contributed by atoms with Crippen molar-refractivity contribution in [2.75, 3.05) is 13.2 Å². The number of hydrogen-bond donors (Lipinski definition) is 0. The van der Waals surface area contributed by atoms with Crippen LogP contribution in [0.1, 0.15) is 18.5 Å². The molecule has 0 amide bonds. The van der Waals surface area contributed by atoms with Crippen molar-refractivity contribution in [3.05, 3.63) is 30.1 Å². The number of rotatable bonds is 4. The van der Waals surface area contributed by atoms with Gasteiger partial charge in [-0.3, -0.25) is 4.98 Å². The fraction of sp³-hybridized carbons (Fsp3) is 0.545. The van der Waals surface area contributed by atoms with Crippen molar-refractivity contribution in [2.24, 2.45) is 0 Å². The Bertz CT molecular complexity index is 257. The molecule has 0 saturated carbocycles. The van der Waals surface area contributed by atoms with Gasteiger partial charge in [0.2, 0.25) is 0 Å². The Labute approximate surface area is 84.1 Å². The van der Waals surface area contributed by atoms with Gasteiger partial charge in [-0.25, -0.2) is 0 Å². The molecule has 1 aromatic heterocycles. The number of ether oxygens (including phenoxy) is 2. The Morgan fingerprint density at radius 3 is 2.86 bits per heavy atom. The van der Waals surface area contributed by atoms with Crippen LogP contribution in [-0.4, -0.2) is 24.5 Å². The van der Waals surface area contributed by atoms with E-state index in [1.54, 1.807) is 0 Å². The van der Waals surface area contributed by atoms with E-state index in [9.17, 15) is 0 Å². The smallest absolute Gasteiger partial charge is 0.157 e. The first kappa shape index (κ1) is 9.62. The molecule has 1 aliphatic heterocycles. The van der Waals surface area contributed by atoms with E-state index in [4.69, 9.17) is 9.47 Å². The van der Waals surface area contributed by atoms with Gasteiger partial charge in [0.05, 0.1) is 13.2 Å². The van der Waals surface area contributed by atoms with Gasteiger partial charge < -0.3 is 9.47 Å². The average Bonchev–Trinajstić information content (AvgIpc) is 2.72. The van der Waals surface area contributed by atoms with E-state index in [0.29, 0.717) is 0 Å². The molecule has 2 heterocycles. The quantitative estimate of drug-likeness (QED) is 0.730. The zero-order valence-corrected chi connectivity index (χ0v) is 8.19. The van der Waals surface area contributed by atoms with E-state index >= 15 is 0 Å². The van der Waals surface area contributed by atoms with Gasteiger partial charge in [-0.15, -0.1) is 0 Å². The summed E-state index contributed by atoms with van der Waals surface area (Å²) in [5, 5.41) is 0. The van der Waals surface area contributed by atoms with Crippen LogP contribution in [0.5, 0.6) is 0 Å². The summed E-state index contributed by atoms with van der Waals surface area (Å²) in [5.74, 6) is 0. The van der Waals surface area contributed by atoms with Crippen LogP contribution in [0, 0.1) is 0 Å². The van der Waals surface area contributed by atoms with Crippen molar-refractivity contribution >= 4 is 0 Å². The highest BCUT2D eigenvalue weighted by atomic mass is 16.7. The van der Waals surface area contributed by atoms with Crippen LogP contribution in [0.25, 0.3) is 0 Å². The molecule has 0 bridgehead atoms. The molecule has 1 fully saturated rings. The van der Waals surface area contributed by atoms with Gasteiger partial charge in [-0.05, 0) is 31.4 Å². The minimum absolute atomic E-state index is 0.0266. The second-order valence-corrected chi connectivity index (χ2v) is 3.38. The maximum absolute atomic E-state index is 5.35. The van der Waals surface area contributed by atoms with Crippen LogP contribution in [0.3, 0.4) is 0 Å². The molecule has 0 radical (unpaired) electrons. The van der Waals surface area contributed by atoms with Crippen LogP contribution in [0.4, 0.5) is 0 Å². The fourth-order valence-electron chi connectivity index (χ4n) is 1.57. The predicted molar refractivity (Wildman–Crippen MR) is 52.9 cm³/mol. The molecule has 0 aliphatic carbocycles. The third-order valence-electron chi connectivity index (χ3n) is 2.29. The lowest BCUT2D eigenvalue weighted by atomic mass is 10.2. The molecule has 3 heteroatoms. The molecular formula is C11H15NO2. The molecule has 76 valence electrons. The van der Waals surface area contributed by atoms with Crippen molar-refractivity contribution in [1.82, 2.24) is 4.98 Å². The largest absolute Gasteiger partial charge is 0.350 e. The maximum atomic E-state index is 5.35. The number of nitrogens with zero attached hydrogens (tertiary/aromatic N) is 1. The van der Waals surface area contributed by atoms with Crippen LogP contribution in [-0.2, 0) is 15.9 Å². The third-order valence-corrected chi connectivity index (χ3v) is 2.29. The summed E-state index contributed by atoms with van der Waals surface area (Å²) < 4.78 is 10.7. The summed E-state index contributed by atoms with van der Waals surface area (Å²) in [5.41, 5.74) is 1.14. The van der Waals surface area contributed by atoms with Gasteiger partial charge in [-0.1, -0.05) is 6.07 Å². The molecule has 2 rings (SSSR count). The Kier molecular flexibility index (Phi) is 3.49. The SMILES string of the molecule is c1ccc(CCCC2OCCO2)nc1. The zero-order valence-electron chi connectivity index (χ0n) is 8.19. The van der Waals surface area contributed by atoms with Crippen LogP contribution < -0.4 is 0 Å². The summed E-state index contributed by atoms with van der Waals surface area (Å²) in [6.45, 7) is 1.49. The lowest BCUT2D eigenvalue weighted by Gasteiger charge is -2.07. The Balaban J connectivity index is 1.67. The lowest BCUT2D eigenvalue weighted by Crippen LogP contribution is -2.07. The van der Waals surface area contributed by atoms with E-state index in [1.165, 1.54) is 0 Å². The monoisotopic (exact) mass is 193 g/mol. The Morgan fingerprint density at radius 2 is 2.14 bits per heavy atom. The highest BCUT2D eigenvalue weighted by Gasteiger charge is 2.14. The first-order valence-electron chi connectivity index (χ1n) is 5.08. The van der Waals surface area contributed by atoms with Gasteiger partial charge in [0.15, 0.2) is 6.29 Å². The van der Waals surface area contributed by atoms with Crippen molar-refractivity contribution in [3.63, 3.8) is 0 Å². The minimum Gasteiger partial charge on any atom is -0.350 e. The maximum Gasteiger partial charge on any atom is 0.157 e. The van der Waals surface area contributed by atoms with Gasteiger partial charge in [0.25, 0.3) is 0 Å². The molecule has 0 N–H and O–H groups in total. The van der Waals surface area contributed by atoms with Crippen molar-refractivity contribution in [1.29, 1.82) is 0 Å². The fourth-order valence-corrected chi connectivity index (χ4v) is 1.57. The summed E-state index contributed by atoms with van der Waals surface area (Å²) in [4.78, 5) is 4.26. The molecule has 0 aromatic carbocycles. The Hall–Kier alpha value is -0.930. The summed E-state index contributed by atoms with van der Waals surface area (Å²) >= 11 is 0. The van der Waals surface area contributed by atoms with Gasteiger partial charge in [0, 0.05) is 11.9 Å². The van der Waals surface area contributed by atoms with E-state index < -0.39 is 0 Å². The second kappa shape index (κ2) is 5.08. The van der Waals surface area contributed by atoms with Crippen LogP contribution in [0.2, 0.25) is 0 Å². The molecule has 1 aromatic rings. The minimum atomic E-state index is 0.0266. The lowest BCUT2D eigenvalue weighted by molar-refractivity contribution is -0.0476. The molecule has 1 saturated heterocycles. The number of pyridine rings is 1. The van der Waals surface area contributed by atoms with E-state index in [1.807, 2.05) is 18.3 Å². The van der Waals surface area contributed by atoms with Gasteiger partial charge in [0.1, 0.15) is 0 Å². The normalized spacial score (nSPS) is 17.4.